The number of carbonyl (C=O) groups excluding carboxylic acids is 1. The zero-order chi connectivity index (χ0) is 19.0. The van der Waals surface area contributed by atoms with Crippen molar-refractivity contribution in [2.24, 2.45) is 7.05 Å². The molecule has 0 fully saturated rings. The molecule has 1 N–H and O–H groups in total. The molecule has 7 heteroatoms. The van der Waals surface area contributed by atoms with Gasteiger partial charge in [0.2, 0.25) is 0 Å². The van der Waals surface area contributed by atoms with E-state index in [1.54, 1.807) is 30.1 Å². The third kappa shape index (κ3) is 3.28. The molecule has 0 bridgehead atoms. The number of hydrogen-bond donors (Lipinski definition) is 1. The van der Waals surface area contributed by atoms with Crippen LogP contribution >= 0.6 is 0 Å². The molecule has 3 aromatic rings. The molecule has 6 nitrogen and oxygen atoms in total. The first-order valence-corrected chi connectivity index (χ1v) is 8.70. The average molecular weight is 366 g/mol. The monoisotopic (exact) mass is 366 g/mol. The number of benzene rings is 1. The van der Waals surface area contributed by atoms with Gasteiger partial charge in [0.25, 0.3) is 5.91 Å². The van der Waals surface area contributed by atoms with Crippen LogP contribution in [0.1, 0.15) is 27.0 Å². The number of hydrogen-bond acceptors (Lipinski definition) is 4. The SMILES string of the molecule is Cc1c(F)c(Cc2ccc(-c3cnn(C)c3)nc2)cc2c1OCCNC2=O. The maximum Gasteiger partial charge on any atom is 0.255 e. The number of nitrogens with one attached hydrogen (secondary N) is 1. The van der Waals surface area contributed by atoms with Crippen LogP contribution < -0.4 is 10.1 Å². The van der Waals surface area contributed by atoms with Gasteiger partial charge in [0.05, 0.1) is 24.0 Å². The van der Waals surface area contributed by atoms with Crippen LogP contribution in [0.5, 0.6) is 5.75 Å². The van der Waals surface area contributed by atoms with Crippen molar-refractivity contribution in [3.8, 4) is 17.0 Å². The number of ether oxygens (including phenoxy) is 1. The Morgan fingerprint density at radius 2 is 2.19 bits per heavy atom. The highest BCUT2D eigenvalue weighted by Gasteiger charge is 2.23. The molecule has 0 unspecified atom stereocenters. The van der Waals surface area contributed by atoms with Crippen LogP contribution in [-0.2, 0) is 13.5 Å². The van der Waals surface area contributed by atoms with Crippen molar-refractivity contribution in [1.29, 1.82) is 0 Å². The topological polar surface area (TPSA) is 69.0 Å². The van der Waals surface area contributed by atoms with Crippen LogP contribution in [-0.4, -0.2) is 33.8 Å². The van der Waals surface area contributed by atoms with E-state index in [0.717, 1.165) is 16.8 Å². The van der Waals surface area contributed by atoms with Crippen LogP contribution in [0.15, 0.2) is 36.8 Å². The van der Waals surface area contributed by atoms with Gasteiger partial charge < -0.3 is 10.1 Å². The van der Waals surface area contributed by atoms with Crippen molar-refractivity contribution in [2.75, 3.05) is 13.2 Å². The molecule has 0 spiro atoms. The van der Waals surface area contributed by atoms with E-state index in [1.165, 1.54) is 0 Å². The fraction of sp³-hybridized carbons (Fsp3) is 0.250. The van der Waals surface area contributed by atoms with Gasteiger partial charge in [-0.05, 0) is 30.2 Å². The van der Waals surface area contributed by atoms with E-state index < -0.39 is 0 Å². The quantitative estimate of drug-likeness (QED) is 0.774. The maximum absolute atomic E-state index is 14.8. The van der Waals surface area contributed by atoms with Crippen molar-refractivity contribution in [3.63, 3.8) is 0 Å². The first-order chi connectivity index (χ1) is 13.0. The van der Waals surface area contributed by atoms with Crippen LogP contribution in [0.4, 0.5) is 4.39 Å². The fourth-order valence-corrected chi connectivity index (χ4v) is 3.22. The van der Waals surface area contributed by atoms with E-state index in [1.807, 2.05) is 25.4 Å². The van der Waals surface area contributed by atoms with Crippen LogP contribution in [0, 0.1) is 12.7 Å². The Morgan fingerprint density at radius 3 is 2.89 bits per heavy atom. The molecule has 1 aliphatic rings. The Hall–Kier alpha value is -3.22. The first-order valence-electron chi connectivity index (χ1n) is 8.70. The Balaban J connectivity index is 1.64. The predicted molar refractivity (Wildman–Crippen MR) is 98.2 cm³/mol. The van der Waals surface area contributed by atoms with E-state index >= 15 is 0 Å². The summed E-state index contributed by atoms with van der Waals surface area (Å²) in [6.07, 6.45) is 5.69. The Labute approximate surface area is 156 Å². The third-order valence-corrected chi connectivity index (χ3v) is 4.61. The number of amides is 1. The molecule has 0 aliphatic carbocycles. The molecule has 138 valence electrons. The van der Waals surface area contributed by atoms with Gasteiger partial charge in [-0.25, -0.2) is 4.39 Å². The lowest BCUT2D eigenvalue weighted by Gasteiger charge is -2.14. The highest BCUT2D eigenvalue weighted by atomic mass is 19.1. The normalized spacial score (nSPS) is 13.5. The van der Waals surface area contributed by atoms with Crippen LogP contribution in [0.2, 0.25) is 0 Å². The molecular formula is C20H19FN4O2. The maximum atomic E-state index is 14.8. The van der Waals surface area contributed by atoms with E-state index in [9.17, 15) is 9.18 Å². The lowest BCUT2D eigenvalue weighted by atomic mass is 9.98. The summed E-state index contributed by atoms with van der Waals surface area (Å²) in [5, 5.41) is 6.90. The number of pyridine rings is 1. The van der Waals surface area contributed by atoms with Crippen molar-refractivity contribution >= 4 is 5.91 Å². The van der Waals surface area contributed by atoms with Gasteiger partial charge in [-0.1, -0.05) is 6.07 Å². The smallest absolute Gasteiger partial charge is 0.255 e. The number of halogens is 1. The number of fused-ring (bicyclic) bond motifs is 1. The summed E-state index contributed by atoms with van der Waals surface area (Å²) in [7, 11) is 1.85. The number of nitrogens with zero attached hydrogens (tertiary/aromatic N) is 3. The number of carbonyl (C=O) groups is 1. The average Bonchev–Trinajstić information content (AvgIpc) is 3.01. The zero-order valence-corrected chi connectivity index (χ0v) is 15.1. The summed E-state index contributed by atoms with van der Waals surface area (Å²) in [5.74, 6) is -0.256. The van der Waals surface area contributed by atoms with Gasteiger partial charge >= 0.3 is 0 Å². The van der Waals surface area contributed by atoms with Gasteiger partial charge in [-0.3, -0.25) is 14.5 Å². The molecule has 1 aliphatic heterocycles. The lowest BCUT2D eigenvalue weighted by Crippen LogP contribution is -2.24. The predicted octanol–water partition coefficient (Wildman–Crippen LogP) is 2.64. The van der Waals surface area contributed by atoms with E-state index in [-0.39, 0.29) is 11.7 Å². The minimum absolute atomic E-state index is 0.239. The summed E-state index contributed by atoms with van der Waals surface area (Å²) in [6.45, 7) is 2.38. The molecule has 3 heterocycles. The molecule has 0 atom stereocenters. The van der Waals surface area contributed by atoms with E-state index in [2.05, 4.69) is 15.4 Å². The minimum Gasteiger partial charge on any atom is -0.491 e. The van der Waals surface area contributed by atoms with Crippen LogP contribution in [0.25, 0.3) is 11.3 Å². The van der Waals surface area contributed by atoms with E-state index in [0.29, 0.717) is 42.0 Å². The van der Waals surface area contributed by atoms with Gasteiger partial charge in [-0.15, -0.1) is 0 Å². The Morgan fingerprint density at radius 1 is 1.33 bits per heavy atom. The summed E-state index contributed by atoms with van der Waals surface area (Å²) in [5.41, 5.74) is 3.77. The molecule has 0 saturated heterocycles. The van der Waals surface area contributed by atoms with Crippen molar-refractivity contribution < 1.29 is 13.9 Å². The van der Waals surface area contributed by atoms with Crippen molar-refractivity contribution in [2.45, 2.75) is 13.3 Å². The lowest BCUT2D eigenvalue weighted by molar-refractivity contribution is 0.0957. The minimum atomic E-state index is -0.347. The van der Waals surface area contributed by atoms with Crippen molar-refractivity contribution in [3.05, 3.63) is 64.9 Å². The number of rotatable bonds is 3. The largest absolute Gasteiger partial charge is 0.491 e. The third-order valence-electron chi connectivity index (χ3n) is 4.61. The summed E-state index contributed by atoms with van der Waals surface area (Å²) in [6, 6.07) is 5.37. The molecule has 1 amide bonds. The van der Waals surface area contributed by atoms with Gasteiger partial charge in [0.1, 0.15) is 18.2 Å². The fourth-order valence-electron chi connectivity index (χ4n) is 3.22. The zero-order valence-electron chi connectivity index (χ0n) is 15.1. The second-order valence-electron chi connectivity index (χ2n) is 6.59. The van der Waals surface area contributed by atoms with Crippen molar-refractivity contribution in [1.82, 2.24) is 20.1 Å². The summed E-state index contributed by atoms with van der Waals surface area (Å²) >= 11 is 0. The molecule has 1 aromatic carbocycles. The number of aromatic nitrogens is 3. The number of aryl methyl sites for hydroxylation is 1. The molecular weight excluding hydrogens is 347 g/mol. The molecule has 27 heavy (non-hydrogen) atoms. The highest BCUT2D eigenvalue weighted by Crippen LogP contribution is 2.31. The first kappa shape index (κ1) is 17.2. The van der Waals surface area contributed by atoms with E-state index in [4.69, 9.17) is 4.74 Å². The van der Waals surface area contributed by atoms with Gasteiger partial charge in [0.15, 0.2) is 0 Å². The van der Waals surface area contributed by atoms with Gasteiger partial charge in [-0.2, -0.15) is 5.10 Å². The second-order valence-corrected chi connectivity index (χ2v) is 6.59. The summed E-state index contributed by atoms with van der Waals surface area (Å²) in [4.78, 5) is 16.7. The standard InChI is InChI=1S/C20H19FN4O2/c1-12-18(21)14(8-16-19(12)27-6-5-22-20(16)26)7-13-3-4-17(23-9-13)15-10-24-25(2)11-15/h3-4,8-11H,5-7H2,1-2H3,(H,22,26). The second kappa shape index (κ2) is 6.83. The Bertz CT molecular complexity index is 1010. The molecule has 0 radical (unpaired) electrons. The summed E-state index contributed by atoms with van der Waals surface area (Å²) < 4.78 is 22.1. The Kier molecular flexibility index (Phi) is 4.35. The molecule has 2 aromatic heterocycles. The molecule has 0 saturated carbocycles. The highest BCUT2D eigenvalue weighted by molar-refractivity contribution is 5.98. The van der Waals surface area contributed by atoms with Crippen LogP contribution in [0.3, 0.4) is 0 Å². The van der Waals surface area contributed by atoms with Gasteiger partial charge in [0, 0.05) is 37.0 Å². The molecule has 4 rings (SSSR count).